The van der Waals surface area contributed by atoms with Gasteiger partial charge in [0.25, 0.3) is 0 Å². The Morgan fingerprint density at radius 1 is 1.42 bits per heavy atom. The van der Waals surface area contributed by atoms with Gasteiger partial charge >= 0.3 is 0 Å². The Morgan fingerprint density at radius 2 is 2.25 bits per heavy atom. The van der Waals surface area contributed by atoms with Crippen LogP contribution >= 0.6 is 0 Å². The quantitative estimate of drug-likeness (QED) is 0.744. The number of carbonyl (C=O) groups excluding carboxylic acids is 1. The van der Waals surface area contributed by atoms with Crippen molar-refractivity contribution in [1.82, 2.24) is 0 Å². The van der Waals surface area contributed by atoms with Gasteiger partial charge in [0, 0.05) is 6.42 Å². The van der Waals surface area contributed by atoms with Gasteiger partial charge in [-0.1, -0.05) is 30.7 Å². The van der Waals surface area contributed by atoms with E-state index in [1.165, 1.54) is 16.7 Å². The summed E-state index contributed by atoms with van der Waals surface area (Å²) in [4.78, 5) is 12.7. The molecule has 1 saturated carbocycles. The van der Waals surface area contributed by atoms with Gasteiger partial charge in [0.1, 0.15) is 11.5 Å². The van der Waals surface area contributed by atoms with E-state index in [9.17, 15) is 4.79 Å². The van der Waals surface area contributed by atoms with Gasteiger partial charge in [0.2, 0.25) is 0 Å². The highest BCUT2D eigenvalue weighted by Gasteiger charge is 2.53. The van der Waals surface area contributed by atoms with Crippen LogP contribution in [0.25, 0.3) is 0 Å². The van der Waals surface area contributed by atoms with Gasteiger partial charge in [-0.3, -0.25) is 4.79 Å². The van der Waals surface area contributed by atoms with E-state index in [0.29, 0.717) is 30.0 Å². The minimum atomic E-state index is -0.174. The standard InChI is InChI=1S/C22H26O2/c1-4-14-12-15-13-16(24-3)6-7-17(15)18-10-11-22(5-2)19(21(14)18)8-9-20(22)23/h4,6-8,13-14,18,21H,1,5,9-12H2,2-3H3/t14-,18-,21-,22?/m1/s1. The maximum atomic E-state index is 12.7. The number of allylic oxidation sites excluding steroid dienone is 3. The topological polar surface area (TPSA) is 26.3 Å². The summed E-state index contributed by atoms with van der Waals surface area (Å²) in [6.07, 6.45) is 9.06. The number of benzene rings is 1. The summed E-state index contributed by atoms with van der Waals surface area (Å²) >= 11 is 0. The zero-order chi connectivity index (χ0) is 16.9. The molecule has 0 saturated heterocycles. The first-order chi connectivity index (χ1) is 11.6. The maximum Gasteiger partial charge on any atom is 0.146 e. The van der Waals surface area contributed by atoms with E-state index in [4.69, 9.17) is 4.74 Å². The van der Waals surface area contributed by atoms with Crippen LogP contribution in [-0.4, -0.2) is 12.9 Å². The Bertz CT molecular complexity index is 729. The first-order valence-corrected chi connectivity index (χ1v) is 9.17. The number of Topliss-reactive ketones (excluding diaryl/α,β-unsaturated/α-hetero) is 1. The minimum absolute atomic E-state index is 0.174. The second-order valence-electron chi connectivity index (χ2n) is 7.56. The third-order valence-corrected chi connectivity index (χ3v) is 6.84. The summed E-state index contributed by atoms with van der Waals surface area (Å²) in [7, 11) is 1.73. The van der Waals surface area contributed by atoms with Crippen molar-refractivity contribution in [2.24, 2.45) is 17.3 Å². The molecule has 0 bridgehead atoms. The van der Waals surface area contributed by atoms with Crippen LogP contribution in [0.3, 0.4) is 0 Å². The predicted molar refractivity (Wildman–Crippen MR) is 96.3 cm³/mol. The fourth-order valence-corrected chi connectivity index (χ4v) is 5.61. The number of ether oxygens (including phenoxy) is 1. The van der Waals surface area contributed by atoms with E-state index in [-0.39, 0.29) is 5.41 Å². The third-order valence-electron chi connectivity index (χ3n) is 6.84. The van der Waals surface area contributed by atoms with Crippen LogP contribution in [0.15, 0.2) is 42.5 Å². The molecule has 2 heteroatoms. The SMILES string of the molecule is C=C[C@@H]1Cc2cc(OC)ccc2[C@H]2CCC3(CC)C(=O)CC=C3[C@H]12. The highest BCUT2D eigenvalue weighted by atomic mass is 16.5. The number of hydrogen-bond donors (Lipinski definition) is 0. The lowest BCUT2D eigenvalue weighted by molar-refractivity contribution is -0.126. The Morgan fingerprint density at radius 3 is 2.96 bits per heavy atom. The van der Waals surface area contributed by atoms with E-state index in [0.717, 1.165) is 31.4 Å². The Kier molecular flexibility index (Phi) is 3.67. The molecule has 0 aromatic heterocycles. The maximum absolute atomic E-state index is 12.7. The Balaban J connectivity index is 1.81. The van der Waals surface area contributed by atoms with Crippen LogP contribution in [0.4, 0.5) is 0 Å². The summed E-state index contributed by atoms with van der Waals surface area (Å²) in [5.41, 5.74) is 4.11. The molecule has 2 nitrogen and oxygen atoms in total. The van der Waals surface area contributed by atoms with Crippen molar-refractivity contribution in [2.75, 3.05) is 7.11 Å². The number of ketones is 1. The lowest BCUT2D eigenvalue weighted by Gasteiger charge is -2.49. The largest absolute Gasteiger partial charge is 0.497 e. The lowest BCUT2D eigenvalue weighted by atomic mass is 9.54. The van der Waals surface area contributed by atoms with Gasteiger partial charge in [-0.15, -0.1) is 6.58 Å². The summed E-state index contributed by atoms with van der Waals surface area (Å²) < 4.78 is 5.42. The van der Waals surface area contributed by atoms with Gasteiger partial charge in [-0.2, -0.15) is 0 Å². The fraction of sp³-hybridized carbons (Fsp3) is 0.500. The molecule has 0 amide bonds. The number of methoxy groups -OCH3 is 1. The monoisotopic (exact) mass is 322 g/mol. The number of hydrogen-bond acceptors (Lipinski definition) is 2. The fourth-order valence-electron chi connectivity index (χ4n) is 5.61. The molecule has 0 aliphatic heterocycles. The van der Waals surface area contributed by atoms with Crippen molar-refractivity contribution >= 4 is 5.78 Å². The molecular formula is C22H26O2. The van der Waals surface area contributed by atoms with E-state index >= 15 is 0 Å². The van der Waals surface area contributed by atoms with Crippen LogP contribution in [0.1, 0.15) is 49.7 Å². The summed E-state index contributed by atoms with van der Waals surface area (Å²) in [5.74, 6) is 2.76. The molecule has 1 aromatic rings. The zero-order valence-electron chi connectivity index (χ0n) is 14.7. The first-order valence-electron chi connectivity index (χ1n) is 9.17. The average molecular weight is 322 g/mol. The summed E-state index contributed by atoms with van der Waals surface area (Å²) in [5, 5.41) is 0. The van der Waals surface area contributed by atoms with Gasteiger partial charge in [-0.25, -0.2) is 0 Å². The van der Waals surface area contributed by atoms with Crippen molar-refractivity contribution in [3.05, 3.63) is 53.6 Å². The van der Waals surface area contributed by atoms with Crippen LogP contribution < -0.4 is 4.74 Å². The molecule has 0 heterocycles. The van der Waals surface area contributed by atoms with Crippen LogP contribution in [0.5, 0.6) is 5.75 Å². The van der Waals surface area contributed by atoms with E-state index in [1.807, 2.05) is 0 Å². The molecule has 0 N–H and O–H groups in total. The Hall–Kier alpha value is -1.83. The van der Waals surface area contributed by atoms with Crippen LogP contribution in [0.2, 0.25) is 0 Å². The molecule has 3 aliphatic carbocycles. The normalized spacial score (nSPS) is 34.0. The summed E-state index contributed by atoms with van der Waals surface area (Å²) in [6.45, 7) is 6.31. The summed E-state index contributed by atoms with van der Waals surface area (Å²) in [6, 6.07) is 6.53. The molecule has 3 aliphatic rings. The van der Waals surface area contributed by atoms with Gasteiger partial charge in [0.05, 0.1) is 12.5 Å². The van der Waals surface area contributed by atoms with Crippen molar-refractivity contribution in [1.29, 1.82) is 0 Å². The van der Waals surface area contributed by atoms with Crippen molar-refractivity contribution in [3.63, 3.8) is 0 Å². The molecule has 0 radical (unpaired) electrons. The third kappa shape index (κ3) is 1.98. The zero-order valence-corrected chi connectivity index (χ0v) is 14.7. The molecule has 24 heavy (non-hydrogen) atoms. The molecule has 1 unspecified atom stereocenters. The van der Waals surface area contributed by atoms with Crippen molar-refractivity contribution in [2.45, 2.75) is 44.9 Å². The van der Waals surface area contributed by atoms with Gasteiger partial charge in [-0.05, 0) is 66.7 Å². The number of carbonyl (C=O) groups is 1. The van der Waals surface area contributed by atoms with Gasteiger partial charge < -0.3 is 4.74 Å². The van der Waals surface area contributed by atoms with Crippen molar-refractivity contribution in [3.8, 4) is 5.75 Å². The Labute approximate surface area is 144 Å². The molecule has 4 atom stereocenters. The predicted octanol–water partition coefficient (Wildman–Crippen LogP) is 4.84. The van der Waals surface area contributed by atoms with E-state index in [1.54, 1.807) is 7.11 Å². The van der Waals surface area contributed by atoms with Crippen LogP contribution in [-0.2, 0) is 11.2 Å². The van der Waals surface area contributed by atoms with E-state index < -0.39 is 0 Å². The molecule has 126 valence electrons. The highest BCUT2D eigenvalue weighted by molar-refractivity contribution is 5.92. The smallest absolute Gasteiger partial charge is 0.146 e. The van der Waals surface area contributed by atoms with E-state index in [2.05, 4.69) is 43.9 Å². The lowest BCUT2D eigenvalue weighted by Crippen LogP contribution is -2.42. The van der Waals surface area contributed by atoms with Crippen LogP contribution in [0, 0.1) is 17.3 Å². The second-order valence-corrected chi connectivity index (χ2v) is 7.56. The molecule has 1 fully saturated rings. The molecular weight excluding hydrogens is 296 g/mol. The minimum Gasteiger partial charge on any atom is -0.497 e. The molecule has 0 spiro atoms. The van der Waals surface area contributed by atoms with Crippen molar-refractivity contribution < 1.29 is 9.53 Å². The number of rotatable bonds is 3. The number of fused-ring (bicyclic) bond motifs is 5. The van der Waals surface area contributed by atoms with Gasteiger partial charge in [0.15, 0.2) is 0 Å². The molecule has 1 aromatic carbocycles. The highest BCUT2D eigenvalue weighted by Crippen LogP contribution is 2.60. The second kappa shape index (κ2) is 5.61. The average Bonchev–Trinajstić information content (AvgIpc) is 2.97. The molecule has 4 rings (SSSR count). The first kappa shape index (κ1) is 15.7.